The molecule has 0 fully saturated rings. The molecular formula is C13H18N2O5. The van der Waals surface area contributed by atoms with Crippen LogP contribution in [-0.2, 0) is 11.4 Å². The van der Waals surface area contributed by atoms with Crippen LogP contribution in [0, 0.1) is 0 Å². The fourth-order valence-electron chi connectivity index (χ4n) is 1.43. The number of methoxy groups -OCH3 is 1. The Bertz CT molecular complexity index is 490. The number of nitrogens with one attached hydrogen (secondary N) is 2. The summed E-state index contributed by atoms with van der Waals surface area (Å²) in [6.07, 6.45) is -0.874. The number of hydrogen-bond acceptors (Lipinski definition) is 5. The van der Waals surface area contributed by atoms with Gasteiger partial charge in [-0.2, -0.15) is 0 Å². The van der Waals surface area contributed by atoms with Crippen molar-refractivity contribution >= 4 is 11.9 Å². The Kier molecular flexibility index (Phi) is 5.79. The largest absolute Gasteiger partial charge is 0.493 e. The number of urea groups is 1. The van der Waals surface area contributed by atoms with Crippen LogP contribution in [0.15, 0.2) is 18.2 Å². The first-order valence-electron chi connectivity index (χ1n) is 5.98. The van der Waals surface area contributed by atoms with E-state index in [9.17, 15) is 9.59 Å². The number of ether oxygens (including phenoxy) is 2. The molecular weight excluding hydrogens is 264 g/mol. The van der Waals surface area contributed by atoms with Crippen molar-refractivity contribution in [2.24, 2.45) is 0 Å². The Morgan fingerprint density at radius 1 is 1.35 bits per heavy atom. The zero-order valence-electron chi connectivity index (χ0n) is 11.6. The predicted molar refractivity (Wildman–Crippen MR) is 71.6 cm³/mol. The number of carbonyl (C=O) groups excluding carboxylic acids is 2. The number of benzene rings is 1. The summed E-state index contributed by atoms with van der Waals surface area (Å²) in [5.74, 6) is 0.179. The van der Waals surface area contributed by atoms with Crippen molar-refractivity contribution in [1.29, 1.82) is 0 Å². The second-order valence-electron chi connectivity index (χ2n) is 3.97. The lowest BCUT2D eigenvalue weighted by molar-refractivity contribution is -0.126. The third kappa shape index (κ3) is 4.13. The number of aliphatic hydroxyl groups excluding tert-OH is 1. The minimum Gasteiger partial charge on any atom is -0.493 e. The molecule has 0 aromatic heterocycles. The van der Waals surface area contributed by atoms with E-state index in [4.69, 9.17) is 14.6 Å². The van der Waals surface area contributed by atoms with E-state index in [1.54, 1.807) is 18.2 Å². The van der Waals surface area contributed by atoms with Gasteiger partial charge in [-0.05, 0) is 24.6 Å². The van der Waals surface area contributed by atoms with Crippen LogP contribution in [0.3, 0.4) is 0 Å². The fourth-order valence-corrected chi connectivity index (χ4v) is 1.43. The normalized spacial score (nSPS) is 11.4. The van der Waals surface area contributed by atoms with Crippen LogP contribution in [-0.4, -0.2) is 37.3 Å². The summed E-state index contributed by atoms with van der Waals surface area (Å²) in [4.78, 5) is 22.7. The number of imide groups is 1. The molecule has 110 valence electrons. The second-order valence-corrected chi connectivity index (χ2v) is 3.97. The molecule has 0 saturated carbocycles. The van der Waals surface area contributed by atoms with Crippen molar-refractivity contribution in [2.75, 3.05) is 14.2 Å². The maximum absolute atomic E-state index is 11.7. The van der Waals surface area contributed by atoms with E-state index in [0.717, 1.165) is 0 Å². The van der Waals surface area contributed by atoms with E-state index in [0.29, 0.717) is 17.1 Å². The highest BCUT2D eigenvalue weighted by Crippen LogP contribution is 2.28. The Morgan fingerprint density at radius 2 is 2.05 bits per heavy atom. The predicted octanol–water partition coefficient (Wildman–Crippen LogP) is 0.410. The van der Waals surface area contributed by atoms with Crippen molar-refractivity contribution in [3.8, 4) is 11.5 Å². The summed E-state index contributed by atoms with van der Waals surface area (Å²) in [5.41, 5.74) is 0.664. The lowest BCUT2D eigenvalue weighted by Gasteiger charge is -2.16. The van der Waals surface area contributed by atoms with Crippen molar-refractivity contribution < 1.29 is 24.2 Å². The van der Waals surface area contributed by atoms with E-state index < -0.39 is 18.0 Å². The van der Waals surface area contributed by atoms with Crippen LogP contribution < -0.4 is 20.1 Å². The topological polar surface area (TPSA) is 96.9 Å². The van der Waals surface area contributed by atoms with Crippen LogP contribution in [0.5, 0.6) is 11.5 Å². The highest BCUT2D eigenvalue weighted by molar-refractivity contribution is 5.96. The molecule has 0 aliphatic carbocycles. The summed E-state index contributed by atoms with van der Waals surface area (Å²) in [7, 11) is 2.86. The van der Waals surface area contributed by atoms with Crippen LogP contribution >= 0.6 is 0 Å². The average Bonchev–Trinajstić information content (AvgIpc) is 2.47. The Balaban J connectivity index is 2.77. The Morgan fingerprint density at radius 3 is 2.60 bits per heavy atom. The third-order valence-corrected chi connectivity index (χ3v) is 2.55. The van der Waals surface area contributed by atoms with Gasteiger partial charge in [0.2, 0.25) is 0 Å². The summed E-state index contributed by atoms with van der Waals surface area (Å²) in [6, 6.07) is 4.25. The summed E-state index contributed by atoms with van der Waals surface area (Å²) >= 11 is 0. The van der Waals surface area contributed by atoms with Gasteiger partial charge in [-0.25, -0.2) is 4.79 Å². The number of carbonyl (C=O) groups is 2. The SMILES string of the molecule is CNC(=O)NC(=O)C(C)Oc1ccc(CO)cc1OC. The standard InChI is InChI=1S/C13H18N2O5/c1-8(12(17)15-13(18)14-2)20-10-5-4-9(7-16)6-11(10)19-3/h4-6,8,16H,7H2,1-3H3,(H2,14,15,17,18). The monoisotopic (exact) mass is 282 g/mol. The first-order chi connectivity index (χ1) is 9.51. The maximum atomic E-state index is 11.7. The molecule has 0 spiro atoms. The van der Waals surface area contributed by atoms with Crippen molar-refractivity contribution in [3.05, 3.63) is 23.8 Å². The van der Waals surface area contributed by atoms with Gasteiger partial charge in [0.15, 0.2) is 17.6 Å². The number of amides is 3. The molecule has 7 nitrogen and oxygen atoms in total. The first kappa shape index (κ1) is 15.8. The lowest BCUT2D eigenvalue weighted by atomic mass is 10.2. The van der Waals surface area contributed by atoms with E-state index >= 15 is 0 Å². The van der Waals surface area contributed by atoms with Gasteiger partial charge in [0.1, 0.15) is 0 Å². The van der Waals surface area contributed by atoms with E-state index in [2.05, 4.69) is 10.6 Å². The maximum Gasteiger partial charge on any atom is 0.321 e. The van der Waals surface area contributed by atoms with Gasteiger partial charge in [0.25, 0.3) is 5.91 Å². The average molecular weight is 282 g/mol. The fraction of sp³-hybridized carbons (Fsp3) is 0.385. The van der Waals surface area contributed by atoms with Crippen molar-refractivity contribution in [3.63, 3.8) is 0 Å². The Hall–Kier alpha value is -2.28. The number of rotatable bonds is 5. The van der Waals surface area contributed by atoms with E-state index in [1.165, 1.54) is 21.1 Å². The smallest absolute Gasteiger partial charge is 0.321 e. The van der Waals surface area contributed by atoms with Gasteiger partial charge in [0, 0.05) is 7.05 Å². The molecule has 20 heavy (non-hydrogen) atoms. The number of aliphatic hydroxyl groups is 1. The zero-order valence-corrected chi connectivity index (χ0v) is 11.6. The molecule has 0 radical (unpaired) electrons. The first-order valence-corrected chi connectivity index (χ1v) is 5.98. The van der Waals surface area contributed by atoms with Crippen LogP contribution in [0.4, 0.5) is 4.79 Å². The van der Waals surface area contributed by atoms with Gasteiger partial charge < -0.3 is 19.9 Å². The van der Waals surface area contributed by atoms with E-state index in [-0.39, 0.29) is 6.61 Å². The second kappa shape index (κ2) is 7.34. The van der Waals surface area contributed by atoms with Crippen molar-refractivity contribution in [2.45, 2.75) is 19.6 Å². The minimum absolute atomic E-state index is 0.122. The minimum atomic E-state index is -0.874. The van der Waals surface area contributed by atoms with Gasteiger partial charge >= 0.3 is 6.03 Å². The summed E-state index contributed by atoms with van der Waals surface area (Å²) in [5, 5.41) is 13.4. The Labute approximate surface area is 116 Å². The van der Waals surface area contributed by atoms with Gasteiger partial charge in [-0.3, -0.25) is 10.1 Å². The molecule has 1 aromatic carbocycles. The van der Waals surface area contributed by atoms with E-state index in [1.807, 2.05) is 0 Å². The van der Waals surface area contributed by atoms with Gasteiger partial charge in [-0.1, -0.05) is 6.07 Å². The van der Waals surface area contributed by atoms with Crippen LogP contribution in [0.2, 0.25) is 0 Å². The molecule has 3 N–H and O–H groups in total. The van der Waals surface area contributed by atoms with Crippen LogP contribution in [0.25, 0.3) is 0 Å². The van der Waals surface area contributed by atoms with Gasteiger partial charge in [-0.15, -0.1) is 0 Å². The highest BCUT2D eigenvalue weighted by atomic mass is 16.5. The molecule has 1 unspecified atom stereocenters. The summed E-state index contributed by atoms with van der Waals surface area (Å²) < 4.78 is 10.6. The van der Waals surface area contributed by atoms with Gasteiger partial charge in [0.05, 0.1) is 13.7 Å². The summed E-state index contributed by atoms with van der Waals surface area (Å²) in [6.45, 7) is 1.39. The molecule has 0 aliphatic rings. The third-order valence-electron chi connectivity index (χ3n) is 2.55. The molecule has 3 amide bonds. The molecule has 0 bridgehead atoms. The molecule has 1 atom stereocenters. The van der Waals surface area contributed by atoms with Crippen LogP contribution in [0.1, 0.15) is 12.5 Å². The number of hydrogen-bond donors (Lipinski definition) is 3. The quantitative estimate of drug-likeness (QED) is 0.727. The zero-order chi connectivity index (χ0) is 15.1. The molecule has 1 rings (SSSR count). The molecule has 0 saturated heterocycles. The van der Waals surface area contributed by atoms with Crippen molar-refractivity contribution in [1.82, 2.24) is 10.6 Å². The lowest BCUT2D eigenvalue weighted by Crippen LogP contribution is -2.43. The molecule has 0 heterocycles. The molecule has 1 aromatic rings. The molecule has 7 heteroatoms. The molecule has 0 aliphatic heterocycles. The highest BCUT2D eigenvalue weighted by Gasteiger charge is 2.18.